The van der Waals surface area contributed by atoms with Crippen molar-refractivity contribution in [2.75, 3.05) is 24.6 Å². The van der Waals surface area contributed by atoms with E-state index >= 15 is 0 Å². The van der Waals surface area contributed by atoms with E-state index in [4.69, 9.17) is 16.3 Å². The van der Waals surface area contributed by atoms with Crippen molar-refractivity contribution in [2.24, 2.45) is 23.7 Å². The molecule has 6 rings (SSSR count). The fourth-order valence-electron chi connectivity index (χ4n) is 7.00. The van der Waals surface area contributed by atoms with Crippen LogP contribution in [0.5, 0.6) is 5.75 Å². The van der Waals surface area contributed by atoms with Gasteiger partial charge in [-0.2, -0.15) is 0 Å². The number of rotatable bonds is 4. The summed E-state index contributed by atoms with van der Waals surface area (Å²) >= 11 is 8.00. The van der Waals surface area contributed by atoms with Gasteiger partial charge in [-0.3, -0.25) is 9.52 Å². The molecular weight excluding hydrogens is 552 g/mol. The lowest BCUT2D eigenvalue weighted by Gasteiger charge is -2.42. The molecule has 0 spiro atoms. The van der Waals surface area contributed by atoms with Crippen molar-refractivity contribution >= 4 is 35.1 Å². The molecular formula is C34H43ClN2O3S. The molecule has 4 aliphatic rings. The minimum absolute atomic E-state index is 0.0427. The maximum atomic E-state index is 13.4. The summed E-state index contributed by atoms with van der Waals surface area (Å²) in [6.45, 7) is 6.67. The standard InChI is InChI=1S/C34H43ClN2O3S/c1-3-5-23-16-27(35)12-14-28(23)26-19-37-18-25-10-13-29(25)31(38)7-4-6-21(2)33(22-8-9-22)41-36-34(39)24-11-15-32(40-20-26)30(37)17-24/h4,7,11-12,14-17,21-22,25-26,29,31,33,38H,3,5-6,8-10,13,18-20H2,1-2H3,(H,36,39)/b7-4+/t21-,25?,26?,29?,31?,33?/m1/s1. The smallest absolute Gasteiger partial charge is 0.261 e. The number of allylic oxidation sites excluding steroid dienone is 1. The van der Waals surface area contributed by atoms with Gasteiger partial charge in [0.05, 0.1) is 18.4 Å². The zero-order valence-electron chi connectivity index (χ0n) is 24.2. The highest BCUT2D eigenvalue weighted by atomic mass is 35.5. The van der Waals surface area contributed by atoms with E-state index < -0.39 is 6.10 Å². The second kappa shape index (κ2) is 12.6. The molecule has 2 fully saturated rings. The van der Waals surface area contributed by atoms with Gasteiger partial charge in [-0.25, -0.2) is 0 Å². The lowest BCUT2D eigenvalue weighted by molar-refractivity contribution is 0.0461. The van der Waals surface area contributed by atoms with Gasteiger partial charge in [0.15, 0.2) is 0 Å². The number of nitrogens with zero attached hydrogens (tertiary/aromatic N) is 1. The third-order valence-electron chi connectivity index (χ3n) is 9.65. The van der Waals surface area contributed by atoms with Crippen LogP contribution in [-0.4, -0.2) is 42.1 Å². The van der Waals surface area contributed by atoms with Crippen molar-refractivity contribution in [3.8, 4) is 5.75 Å². The van der Waals surface area contributed by atoms with Crippen LogP contribution in [0.15, 0.2) is 48.6 Å². The number of nitrogens with one attached hydrogen (secondary N) is 1. The van der Waals surface area contributed by atoms with Crippen LogP contribution in [0.25, 0.3) is 0 Å². The van der Waals surface area contributed by atoms with Crippen LogP contribution in [0.2, 0.25) is 5.02 Å². The maximum absolute atomic E-state index is 13.4. The Hall–Kier alpha value is -2.15. The Kier molecular flexibility index (Phi) is 8.90. The molecule has 0 saturated heterocycles. The summed E-state index contributed by atoms with van der Waals surface area (Å²) < 4.78 is 9.67. The van der Waals surface area contributed by atoms with Gasteiger partial charge in [-0.05, 0) is 116 Å². The number of benzene rings is 2. The predicted octanol–water partition coefficient (Wildman–Crippen LogP) is 7.41. The molecule has 6 atom stereocenters. The minimum Gasteiger partial charge on any atom is -0.491 e. The largest absolute Gasteiger partial charge is 0.491 e. The number of hydrogen-bond donors (Lipinski definition) is 2. The van der Waals surface area contributed by atoms with Gasteiger partial charge < -0.3 is 14.7 Å². The quantitative estimate of drug-likeness (QED) is 0.285. The third kappa shape index (κ3) is 6.45. The summed E-state index contributed by atoms with van der Waals surface area (Å²) in [5.74, 6) is 2.68. The highest BCUT2D eigenvalue weighted by Gasteiger charge is 2.39. The number of aliphatic hydroxyl groups excluding tert-OH is 1. The molecule has 2 heterocycles. The summed E-state index contributed by atoms with van der Waals surface area (Å²) in [5, 5.41) is 12.3. The molecule has 2 aromatic carbocycles. The number of carbonyl (C=O) groups excluding carboxylic acids is 1. The number of aryl methyl sites for hydroxylation is 1. The van der Waals surface area contributed by atoms with E-state index in [1.54, 1.807) is 11.9 Å². The molecule has 0 radical (unpaired) electrons. The molecule has 41 heavy (non-hydrogen) atoms. The number of amides is 1. The van der Waals surface area contributed by atoms with Crippen LogP contribution >= 0.6 is 23.5 Å². The van der Waals surface area contributed by atoms with E-state index in [1.165, 1.54) is 24.0 Å². The Balaban J connectivity index is 1.34. The van der Waals surface area contributed by atoms with Gasteiger partial charge in [-0.15, -0.1) is 0 Å². The topological polar surface area (TPSA) is 61.8 Å². The molecule has 2 bridgehead atoms. The van der Waals surface area contributed by atoms with E-state index in [2.05, 4.69) is 41.7 Å². The van der Waals surface area contributed by atoms with Gasteiger partial charge in [-0.1, -0.05) is 50.1 Å². The molecule has 7 heteroatoms. The molecule has 1 amide bonds. The van der Waals surface area contributed by atoms with E-state index in [1.807, 2.05) is 30.3 Å². The van der Waals surface area contributed by atoms with E-state index in [-0.39, 0.29) is 17.7 Å². The Morgan fingerprint density at radius 1 is 1.10 bits per heavy atom. The first-order valence-corrected chi connectivity index (χ1v) is 16.8. The number of fused-ring (bicyclic) bond motifs is 2. The van der Waals surface area contributed by atoms with Crippen molar-refractivity contribution in [2.45, 2.75) is 76.1 Å². The second-order valence-corrected chi connectivity index (χ2v) is 14.1. The number of halogens is 1. The van der Waals surface area contributed by atoms with Gasteiger partial charge >= 0.3 is 0 Å². The fraction of sp³-hybridized carbons (Fsp3) is 0.559. The van der Waals surface area contributed by atoms with Crippen molar-refractivity contribution in [3.63, 3.8) is 0 Å². The van der Waals surface area contributed by atoms with Crippen LogP contribution < -0.4 is 14.4 Å². The maximum Gasteiger partial charge on any atom is 0.261 e. The molecule has 5 unspecified atom stereocenters. The van der Waals surface area contributed by atoms with Crippen LogP contribution in [-0.2, 0) is 6.42 Å². The molecule has 220 valence electrons. The summed E-state index contributed by atoms with van der Waals surface area (Å²) in [6.07, 6.45) is 11.4. The summed E-state index contributed by atoms with van der Waals surface area (Å²) in [5.41, 5.74) is 4.22. The molecule has 2 aliphatic heterocycles. The lowest BCUT2D eigenvalue weighted by Crippen LogP contribution is -2.44. The molecule has 5 nitrogen and oxygen atoms in total. The molecule has 2 aliphatic carbocycles. The third-order valence-corrected chi connectivity index (χ3v) is 11.3. The van der Waals surface area contributed by atoms with Crippen LogP contribution in [0.1, 0.15) is 79.8 Å². The normalized spacial score (nSPS) is 31.2. The fourth-order valence-corrected chi connectivity index (χ4v) is 8.36. The highest BCUT2D eigenvalue weighted by molar-refractivity contribution is 7.98. The number of aliphatic hydroxyl groups is 1. The molecule has 2 saturated carbocycles. The summed E-state index contributed by atoms with van der Waals surface area (Å²) in [4.78, 5) is 15.9. The van der Waals surface area contributed by atoms with Gasteiger partial charge in [0.2, 0.25) is 0 Å². The SMILES string of the molecule is CCCc1cc(Cl)ccc1C1COc2ccc3cc2N(C1)CC1CCC1C(O)/C=C/C[C@@H](C)C(C1CC1)SNC3=O. The predicted molar refractivity (Wildman–Crippen MR) is 169 cm³/mol. The van der Waals surface area contributed by atoms with Gasteiger partial charge in [0, 0.05) is 34.8 Å². The van der Waals surface area contributed by atoms with E-state index in [0.29, 0.717) is 35.2 Å². The number of carbonyl (C=O) groups is 1. The van der Waals surface area contributed by atoms with Crippen LogP contribution in [0, 0.1) is 23.7 Å². The van der Waals surface area contributed by atoms with Crippen molar-refractivity contribution in [1.29, 1.82) is 0 Å². The van der Waals surface area contributed by atoms with Gasteiger partial charge in [0.25, 0.3) is 5.91 Å². The Morgan fingerprint density at radius 3 is 2.68 bits per heavy atom. The minimum atomic E-state index is -0.419. The number of ether oxygens (including phenoxy) is 1. The first-order chi connectivity index (χ1) is 19.9. The van der Waals surface area contributed by atoms with Crippen molar-refractivity contribution < 1.29 is 14.6 Å². The number of hydrogen-bond acceptors (Lipinski definition) is 5. The first kappa shape index (κ1) is 28.9. The van der Waals surface area contributed by atoms with Crippen LogP contribution in [0.3, 0.4) is 0 Å². The molecule has 2 N–H and O–H groups in total. The second-order valence-electron chi connectivity index (χ2n) is 12.7. The molecule has 0 aromatic heterocycles. The van der Waals surface area contributed by atoms with E-state index in [9.17, 15) is 9.90 Å². The zero-order chi connectivity index (χ0) is 28.5. The summed E-state index contributed by atoms with van der Waals surface area (Å²) in [6, 6.07) is 12.2. The Morgan fingerprint density at radius 2 is 1.93 bits per heavy atom. The van der Waals surface area contributed by atoms with Gasteiger partial charge in [0.1, 0.15) is 5.75 Å². The highest BCUT2D eigenvalue weighted by Crippen LogP contribution is 2.44. The monoisotopic (exact) mass is 594 g/mol. The zero-order valence-corrected chi connectivity index (χ0v) is 25.8. The first-order valence-electron chi connectivity index (χ1n) is 15.5. The lowest BCUT2D eigenvalue weighted by atomic mass is 9.70. The van der Waals surface area contributed by atoms with Crippen molar-refractivity contribution in [1.82, 2.24) is 4.72 Å². The van der Waals surface area contributed by atoms with Crippen molar-refractivity contribution in [3.05, 3.63) is 70.3 Å². The molecule has 2 aromatic rings. The summed E-state index contributed by atoms with van der Waals surface area (Å²) in [7, 11) is 0. The Labute approximate surface area is 254 Å². The average Bonchev–Trinajstić information content (AvgIpc) is 3.79. The van der Waals surface area contributed by atoms with E-state index in [0.717, 1.165) is 61.7 Å². The van der Waals surface area contributed by atoms with Crippen LogP contribution in [0.4, 0.5) is 5.69 Å². The number of anilines is 1. The average molecular weight is 595 g/mol. The Bertz CT molecular complexity index is 1280.